The molecule has 0 aliphatic carbocycles. The molecule has 1 unspecified atom stereocenters. The summed E-state index contributed by atoms with van der Waals surface area (Å²) in [6, 6.07) is 20.8. The Bertz CT molecular complexity index is 1350. The quantitative estimate of drug-likeness (QED) is 0.283. The van der Waals surface area contributed by atoms with Gasteiger partial charge in [-0.25, -0.2) is 0 Å². The monoisotopic (exact) mass is 506 g/mol. The fourth-order valence-corrected chi connectivity index (χ4v) is 4.89. The molecule has 0 aliphatic heterocycles. The predicted octanol–water partition coefficient (Wildman–Crippen LogP) is 6.33. The number of benzene rings is 3. The van der Waals surface area contributed by atoms with Gasteiger partial charge >= 0.3 is 0 Å². The van der Waals surface area contributed by atoms with E-state index in [1.54, 1.807) is 37.1 Å². The molecule has 8 heteroatoms. The lowest BCUT2D eigenvalue weighted by Gasteiger charge is -2.18. The maximum absolute atomic E-state index is 13.1. The molecular weight excluding hydrogens is 480 g/mol. The molecule has 3 aromatic carbocycles. The minimum Gasteiger partial charge on any atom is -0.496 e. The lowest BCUT2D eigenvalue weighted by atomic mass is 10.1. The summed E-state index contributed by atoms with van der Waals surface area (Å²) >= 11 is 7.95. The van der Waals surface area contributed by atoms with Crippen LogP contribution in [0.15, 0.2) is 71.9 Å². The van der Waals surface area contributed by atoms with Crippen LogP contribution in [-0.2, 0) is 5.75 Å². The van der Waals surface area contributed by atoms with E-state index in [0.717, 1.165) is 22.2 Å². The largest absolute Gasteiger partial charge is 0.496 e. The van der Waals surface area contributed by atoms with Crippen molar-refractivity contribution in [3.63, 3.8) is 0 Å². The molecule has 1 aromatic heterocycles. The summed E-state index contributed by atoms with van der Waals surface area (Å²) < 4.78 is 7.33. The Kier molecular flexibility index (Phi) is 7.78. The van der Waals surface area contributed by atoms with Gasteiger partial charge in [-0.15, -0.1) is 10.2 Å². The molecule has 4 rings (SSSR count). The molecule has 0 spiro atoms. The zero-order valence-electron chi connectivity index (χ0n) is 20.1. The Hall–Kier alpha value is -3.29. The molecular formula is C27H27ClN4O2S. The first-order chi connectivity index (χ1) is 16.9. The Morgan fingerprint density at radius 2 is 1.89 bits per heavy atom. The number of ether oxygens (including phenoxy) is 1. The van der Waals surface area contributed by atoms with Gasteiger partial charge in [-0.2, -0.15) is 0 Å². The fraction of sp³-hybridized carbons (Fsp3) is 0.222. The van der Waals surface area contributed by atoms with Crippen molar-refractivity contribution >= 4 is 29.3 Å². The average molecular weight is 507 g/mol. The van der Waals surface area contributed by atoms with Crippen LogP contribution in [0.1, 0.15) is 45.8 Å². The van der Waals surface area contributed by atoms with Crippen molar-refractivity contribution in [2.24, 2.45) is 0 Å². The van der Waals surface area contributed by atoms with E-state index in [1.807, 2.05) is 42.7 Å². The number of nitrogens with zero attached hydrogens (tertiary/aromatic N) is 3. The summed E-state index contributed by atoms with van der Waals surface area (Å²) in [4.78, 5) is 13.1. The summed E-state index contributed by atoms with van der Waals surface area (Å²) in [6.45, 7) is 5.99. The molecule has 1 atom stereocenters. The van der Waals surface area contributed by atoms with Gasteiger partial charge < -0.3 is 10.1 Å². The molecule has 1 heterocycles. The minimum absolute atomic E-state index is 0.249. The van der Waals surface area contributed by atoms with Crippen LogP contribution < -0.4 is 10.1 Å². The molecule has 1 amide bonds. The molecule has 0 saturated heterocycles. The normalized spacial score (nSPS) is 11.8. The maximum atomic E-state index is 13.1. The van der Waals surface area contributed by atoms with Crippen molar-refractivity contribution in [3.05, 3.63) is 99.8 Å². The lowest BCUT2D eigenvalue weighted by Crippen LogP contribution is -2.29. The van der Waals surface area contributed by atoms with Crippen LogP contribution in [-0.4, -0.2) is 27.8 Å². The molecule has 6 nitrogen and oxygen atoms in total. The zero-order chi connectivity index (χ0) is 24.9. The van der Waals surface area contributed by atoms with E-state index in [-0.39, 0.29) is 5.91 Å². The highest BCUT2D eigenvalue weighted by Crippen LogP contribution is 2.31. The number of aryl methyl sites for hydroxylation is 2. The van der Waals surface area contributed by atoms with Crippen LogP contribution in [0.4, 0.5) is 0 Å². The van der Waals surface area contributed by atoms with Crippen LogP contribution in [0.2, 0.25) is 5.02 Å². The van der Waals surface area contributed by atoms with Gasteiger partial charge in [0.1, 0.15) is 5.75 Å². The van der Waals surface area contributed by atoms with Gasteiger partial charge in [0.2, 0.25) is 0 Å². The summed E-state index contributed by atoms with van der Waals surface area (Å²) in [7, 11) is 1.55. The van der Waals surface area contributed by atoms with E-state index in [0.29, 0.717) is 22.2 Å². The third-order valence-corrected chi connectivity index (χ3v) is 6.84. The Morgan fingerprint density at radius 3 is 2.66 bits per heavy atom. The number of thioether (sulfide) groups is 1. The van der Waals surface area contributed by atoms with Gasteiger partial charge in [-0.1, -0.05) is 71.4 Å². The van der Waals surface area contributed by atoms with Crippen molar-refractivity contribution in [1.82, 2.24) is 20.1 Å². The SMILES string of the molecule is COc1ccccc1C(=O)NC(C)c1nnc(SCc2cccc(C)c2)n1-c1cc(Cl)ccc1C. The molecule has 0 fully saturated rings. The van der Waals surface area contributed by atoms with Crippen molar-refractivity contribution in [2.45, 2.75) is 37.7 Å². The van der Waals surface area contributed by atoms with Gasteiger partial charge in [0.25, 0.3) is 5.91 Å². The summed E-state index contributed by atoms with van der Waals surface area (Å²) in [5.41, 5.74) is 4.77. The topological polar surface area (TPSA) is 69.0 Å². The van der Waals surface area contributed by atoms with E-state index in [9.17, 15) is 4.79 Å². The summed E-state index contributed by atoms with van der Waals surface area (Å²) in [6.07, 6.45) is 0. The molecule has 1 N–H and O–H groups in total. The number of amides is 1. The molecule has 180 valence electrons. The minimum atomic E-state index is -0.424. The number of rotatable bonds is 8. The molecule has 0 aliphatic rings. The lowest BCUT2D eigenvalue weighted by molar-refractivity contribution is 0.0935. The number of aromatic nitrogens is 3. The highest BCUT2D eigenvalue weighted by atomic mass is 35.5. The first-order valence-electron chi connectivity index (χ1n) is 11.2. The summed E-state index contributed by atoms with van der Waals surface area (Å²) in [5, 5.41) is 13.4. The van der Waals surface area contributed by atoms with Gasteiger partial charge in [0.05, 0.1) is 24.4 Å². The smallest absolute Gasteiger partial charge is 0.255 e. The number of hydrogen-bond donors (Lipinski definition) is 1. The highest BCUT2D eigenvalue weighted by Gasteiger charge is 2.23. The van der Waals surface area contributed by atoms with E-state index in [4.69, 9.17) is 16.3 Å². The number of methoxy groups -OCH3 is 1. The zero-order valence-corrected chi connectivity index (χ0v) is 21.7. The highest BCUT2D eigenvalue weighted by molar-refractivity contribution is 7.98. The van der Waals surface area contributed by atoms with Gasteiger partial charge in [0, 0.05) is 10.8 Å². The number of carbonyl (C=O) groups excluding carboxylic acids is 1. The van der Waals surface area contributed by atoms with Crippen LogP contribution in [0, 0.1) is 13.8 Å². The Morgan fingerprint density at radius 1 is 1.09 bits per heavy atom. The van der Waals surface area contributed by atoms with Gasteiger partial charge in [-0.05, 0) is 56.2 Å². The maximum Gasteiger partial charge on any atom is 0.255 e. The van der Waals surface area contributed by atoms with Crippen LogP contribution in [0.25, 0.3) is 5.69 Å². The van der Waals surface area contributed by atoms with Crippen LogP contribution >= 0.6 is 23.4 Å². The second-order valence-corrected chi connectivity index (χ2v) is 9.66. The average Bonchev–Trinajstić information content (AvgIpc) is 3.28. The fourth-order valence-electron chi connectivity index (χ4n) is 3.83. The van der Waals surface area contributed by atoms with Crippen LogP contribution in [0.5, 0.6) is 5.75 Å². The number of hydrogen-bond acceptors (Lipinski definition) is 5. The van der Waals surface area contributed by atoms with E-state index >= 15 is 0 Å². The van der Waals surface area contributed by atoms with Crippen molar-refractivity contribution in [3.8, 4) is 11.4 Å². The standard InChI is InChI=1S/C27H27ClN4O2S/c1-17-8-7-9-20(14-17)16-35-27-31-30-25(32(27)23-15-21(28)13-12-18(23)2)19(3)29-26(33)22-10-5-6-11-24(22)34-4/h5-15,19H,16H2,1-4H3,(H,29,33). The van der Waals surface area contributed by atoms with Gasteiger partial charge in [0.15, 0.2) is 11.0 Å². The van der Waals surface area contributed by atoms with E-state index in [2.05, 4.69) is 46.7 Å². The van der Waals surface area contributed by atoms with Crippen molar-refractivity contribution in [2.75, 3.05) is 7.11 Å². The first kappa shape index (κ1) is 24.8. The van der Waals surface area contributed by atoms with Crippen molar-refractivity contribution < 1.29 is 9.53 Å². The van der Waals surface area contributed by atoms with E-state index in [1.165, 1.54) is 11.1 Å². The Balaban J connectivity index is 1.68. The number of para-hydroxylation sites is 1. The molecule has 0 radical (unpaired) electrons. The second kappa shape index (κ2) is 11.0. The number of carbonyl (C=O) groups is 1. The van der Waals surface area contributed by atoms with Crippen molar-refractivity contribution in [1.29, 1.82) is 0 Å². The third kappa shape index (κ3) is 5.69. The van der Waals surface area contributed by atoms with Gasteiger partial charge in [-0.3, -0.25) is 9.36 Å². The molecule has 0 saturated carbocycles. The molecule has 4 aromatic rings. The number of halogens is 1. The number of nitrogens with one attached hydrogen (secondary N) is 1. The second-order valence-electron chi connectivity index (χ2n) is 8.28. The Labute approximate surface area is 214 Å². The molecule has 35 heavy (non-hydrogen) atoms. The molecule has 0 bridgehead atoms. The van der Waals surface area contributed by atoms with Crippen LogP contribution in [0.3, 0.4) is 0 Å². The predicted molar refractivity (Wildman–Crippen MR) is 141 cm³/mol. The third-order valence-electron chi connectivity index (χ3n) is 5.61. The summed E-state index contributed by atoms with van der Waals surface area (Å²) in [5.74, 6) is 1.62. The first-order valence-corrected chi connectivity index (χ1v) is 12.6. The van der Waals surface area contributed by atoms with E-state index < -0.39 is 6.04 Å².